The van der Waals surface area contributed by atoms with Crippen LogP contribution in [0.4, 0.5) is 13.2 Å². The van der Waals surface area contributed by atoms with E-state index in [1.165, 1.54) is 19.2 Å². The smallest absolute Gasteiger partial charge is 0.416 e. The second kappa shape index (κ2) is 8.63. The van der Waals surface area contributed by atoms with Crippen LogP contribution in [0.25, 0.3) is 33.4 Å². The Balaban J connectivity index is 1.96. The lowest BCUT2D eigenvalue weighted by atomic mass is 10.0. The van der Waals surface area contributed by atoms with Crippen LogP contribution in [0.5, 0.6) is 0 Å². The molecule has 35 heavy (non-hydrogen) atoms. The van der Waals surface area contributed by atoms with E-state index in [4.69, 9.17) is 4.42 Å². The van der Waals surface area contributed by atoms with Gasteiger partial charge in [0.15, 0.2) is 9.84 Å². The van der Waals surface area contributed by atoms with Gasteiger partial charge >= 0.3 is 6.18 Å². The summed E-state index contributed by atoms with van der Waals surface area (Å²) in [6, 6.07) is 3.98. The van der Waals surface area contributed by atoms with Crippen molar-refractivity contribution < 1.29 is 26.0 Å². The second-order valence-corrected chi connectivity index (χ2v) is 10.3. The lowest BCUT2D eigenvalue weighted by Gasteiger charge is -2.12. The number of alkyl halides is 3. The predicted octanol–water partition coefficient (Wildman–Crippen LogP) is 5.17. The molecule has 11 heteroatoms. The van der Waals surface area contributed by atoms with Crippen LogP contribution >= 0.6 is 0 Å². The van der Waals surface area contributed by atoms with Gasteiger partial charge in [-0.2, -0.15) is 18.3 Å². The Morgan fingerprint density at radius 1 is 1.11 bits per heavy atom. The topological polar surface area (TPSA) is 95.1 Å². The van der Waals surface area contributed by atoms with Crippen LogP contribution in [0.3, 0.4) is 0 Å². The molecule has 0 saturated carbocycles. The molecule has 7 nitrogen and oxygen atoms in total. The molecule has 0 fully saturated rings. The zero-order valence-corrected chi connectivity index (χ0v) is 20.2. The van der Waals surface area contributed by atoms with Crippen LogP contribution in [0.1, 0.15) is 30.8 Å². The van der Waals surface area contributed by atoms with Crippen LogP contribution in [0.2, 0.25) is 0 Å². The number of fused-ring (bicyclic) bond motifs is 1. The SMILES string of the molecule is CCn1nc(C)c(-c2cnc(-c3coc4cc(C(F)(F)F)ccc4c3=O)c(S(=O)(=O)CC)c2)c1C. The van der Waals surface area contributed by atoms with E-state index in [1.54, 1.807) is 4.68 Å². The van der Waals surface area contributed by atoms with E-state index in [2.05, 4.69) is 10.1 Å². The molecule has 0 unspecified atom stereocenters. The molecule has 0 atom stereocenters. The largest absolute Gasteiger partial charge is 0.463 e. The first-order valence-corrected chi connectivity index (χ1v) is 12.4. The third-order valence-corrected chi connectivity index (χ3v) is 7.64. The highest BCUT2D eigenvalue weighted by Crippen LogP contribution is 2.34. The highest BCUT2D eigenvalue weighted by atomic mass is 32.2. The van der Waals surface area contributed by atoms with E-state index in [9.17, 15) is 26.4 Å². The molecule has 0 aliphatic carbocycles. The van der Waals surface area contributed by atoms with Crippen molar-refractivity contribution in [1.29, 1.82) is 0 Å². The van der Waals surface area contributed by atoms with Gasteiger partial charge in [-0.1, -0.05) is 6.92 Å². The van der Waals surface area contributed by atoms with Gasteiger partial charge in [-0.25, -0.2) is 8.42 Å². The van der Waals surface area contributed by atoms with E-state index >= 15 is 0 Å². The summed E-state index contributed by atoms with van der Waals surface area (Å²) in [6.45, 7) is 7.72. The first-order valence-electron chi connectivity index (χ1n) is 10.8. The van der Waals surface area contributed by atoms with E-state index in [1.807, 2.05) is 20.8 Å². The fourth-order valence-corrected chi connectivity index (χ4v) is 5.14. The monoisotopic (exact) mass is 505 g/mol. The Labute approximate surface area is 199 Å². The lowest BCUT2D eigenvalue weighted by Crippen LogP contribution is -2.13. The molecule has 0 radical (unpaired) electrons. The van der Waals surface area contributed by atoms with Gasteiger partial charge in [0.2, 0.25) is 5.43 Å². The number of hydrogen-bond donors (Lipinski definition) is 0. The van der Waals surface area contributed by atoms with Gasteiger partial charge in [0.25, 0.3) is 0 Å². The number of aryl methyl sites for hydroxylation is 2. The first kappa shape index (κ1) is 24.6. The van der Waals surface area contributed by atoms with Crippen LogP contribution in [0, 0.1) is 13.8 Å². The Bertz CT molecular complexity index is 1620. The van der Waals surface area contributed by atoms with Crippen molar-refractivity contribution >= 4 is 20.8 Å². The van der Waals surface area contributed by atoms with E-state index in [0.29, 0.717) is 17.8 Å². The number of aromatic nitrogens is 3. The summed E-state index contributed by atoms with van der Waals surface area (Å²) in [4.78, 5) is 17.3. The minimum absolute atomic E-state index is 0.114. The predicted molar refractivity (Wildman–Crippen MR) is 125 cm³/mol. The van der Waals surface area contributed by atoms with Gasteiger partial charge in [-0.15, -0.1) is 0 Å². The number of sulfone groups is 1. The number of benzene rings is 1. The minimum atomic E-state index is -4.60. The van der Waals surface area contributed by atoms with Crippen LogP contribution < -0.4 is 5.43 Å². The molecule has 3 heterocycles. The number of pyridine rings is 1. The van der Waals surface area contributed by atoms with Crippen molar-refractivity contribution in [2.45, 2.75) is 45.3 Å². The Hall–Kier alpha value is -3.47. The average molecular weight is 506 g/mol. The number of halogens is 3. The van der Waals surface area contributed by atoms with Crippen LogP contribution in [-0.2, 0) is 22.6 Å². The summed E-state index contributed by atoms with van der Waals surface area (Å²) in [5.74, 6) is -0.245. The minimum Gasteiger partial charge on any atom is -0.463 e. The Morgan fingerprint density at radius 2 is 1.83 bits per heavy atom. The standard InChI is InChI=1S/C24H22F3N3O4S/c1-5-30-14(4)21(13(3)29-30)15-9-20(35(32,33)6-2)22(28-11-15)18-12-34-19-10-16(24(25,26)27)7-8-17(19)23(18)31/h7-12H,5-6H2,1-4H3. The molecule has 0 N–H and O–H groups in total. The summed E-state index contributed by atoms with van der Waals surface area (Å²) < 4.78 is 72.3. The number of rotatable bonds is 5. The number of hydrogen-bond acceptors (Lipinski definition) is 6. The molecule has 3 aromatic heterocycles. The summed E-state index contributed by atoms with van der Waals surface area (Å²) in [5.41, 5.74) is 0.616. The van der Waals surface area contributed by atoms with Crippen LogP contribution in [0.15, 0.2) is 50.8 Å². The van der Waals surface area contributed by atoms with Crippen LogP contribution in [-0.4, -0.2) is 28.9 Å². The quantitative estimate of drug-likeness (QED) is 0.372. The van der Waals surface area contributed by atoms with E-state index in [0.717, 1.165) is 35.7 Å². The van der Waals surface area contributed by atoms with Crippen molar-refractivity contribution in [2.75, 3.05) is 5.75 Å². The molecule has 0 aliphatic heterocycles. The van der Waals surface area contributed by atoms with Crippen molar-refractivity contribution in [1.82, 2.24) is 14.8 Å². The molecular formula is C24H22F3N3O4S. The van der Waals surface area contributed by atoms with E-state index in [-0.39, 0.29) is 32.9 Å². The highest BCUT2D eigenvalue weighted by molar-refractivity contribution is 7.91. The number of nitrogens with zero attached hydrogens (tertiary/aromatic N) is 3. The Kier molecular flexibility index (Phi) is 6.08. The fraction of sp³-hybridized carbons (Fsp3) is 0.292. The molecule has 0 aliphatic rings. The molecule has 0 bridgehead atoms. The first-order chi connectivity index (χ1) is 16.4. The fourth-order valence-electron chi connectivity index (χ4n) is 4.07. The molecule has 4 rings (SSSR count). The molecular weight excluding hydrogens is 483 g/mol. The summed E-state index contributed by atoms with van der Waals surface area (Å²) >= 11 is 0. The van der Waals surface area contributed by atoms with Gasteiger partial charge in [0, 0.05) is 29.6 Å². The van der Waals surface area contributed by atoms with Gasteiger partial charge in [0.1, 0.15) is 11.8 Å². The molecule has 0 saturated heterocycles. The van der Waals surface area contributed by atoms with Crippen molar-refractivity contribution in [3.05, 3.63) is 63.9 Å². The zero-order valence-electron chi connectivity index (χ0n) is 19.4. The van der Waals surface area contributed by atoms with Gasteiger partial charge in [-0.05, 0) is 45.0 Å². The van der Waals surface area contributed by atoms with Gasteiger partial charge < -0.3 is 4.42 Å². The average Bonchev–Trinajstić information content (AvgIpc) is 3.11. The summed E-state index contributed by atoms with van der Waals surface area (Å²) in [5, 5.41) is 4.35. The second-order valence-electron chi connectivity index (χ2n) is 8.02. The zero-order chi connectivity index (χ0) is 25.7. The third-order valence-electron chi connectivity index (χ3n) is 5.89. The molecule has 1 aromatic carbocycles. The summed E-state index contributed by atoms with van der Waals surface area (Å²) in [6.07, 6.45) is -2.20. The summed E-state index contributed by atoms with van der Waals surface area (Å²) in [7, 11) is -3.85. The van der Waals surface area contributed by atoms with Crippen molar-refractivity contribution in [2.24, 2.45) is 0 Å². The maximum Gasteiger partial charge on any atom is 0.416 e. The van der Waals surface area contributed by atoms with Crippen molar-refractivity contribution in [3.63, 3.8) is 0 Å². The molecule has 184 valence electrons. The molecule has 0 spiro atoms. The van der Waals surface area contributed by atoms with Crippen molar-refractivity contribution in [3.8, 4) is 22.4 Å². The maximum atomic E-state index is 13.2. The van der Waals surface area contributed by atoms with E-state index < -0.39 is 27.0 Å². The maximum absolute atomic E-state index is 13.2. The third kappa shape index (κ3) is 4.24. The molecule has 4 aromatic rings. The highest BCUT2D eigenvalue weighted by Gasteiger charge is 2.31. The van der Waals surface area contributed by atoms with Gasteiger partial charge in [-0.3, -0.25) is 14.5 Å². The Morgan fingerprint density at radius 3 is 2.43 bits per heavy atom. The lowest BCUT2D eigenvalue weighted by molar-refractivity contribution is -0.137. The van der Waals surface area contributed by atoms with Gasteiger partial charge in [0.05, 0.1) is 38.5 Å². The normalized spacial score (nSPS) is 12.4. The molecule has 0 amide bonds.